The van der Waals surface area contributed by atoms with Gasteiger partial charge in [-0.3, -0.25) is 9.59 Å². The van der Waals surface area contributed by atoms with E-state index in [-0.39, 0.29) is 23.6 Å². The van der Waals surface area contributed by atoms with Gasteiger partial charge in [-0.15, -0.1) is 0 Å². The molecule has 3 nitrogen and oxygen atoms in total. The Morgan fingerprint density at radius 2 is 1.65 bits per heavy atom. The number of fused-ring (bicyclic) bond motifs is 1. The minimum absolute atomic E-state index is 0.172. The molecule has 20 heavy (non-hydrogen) atoms. The zero-order valence-corrected chi connectivity index (χ0v) is 13.2. The van der Waals surface area contributed by atoms with Crippen molar-refractivity contribution in [2.45, 2.75) is 41.5 Å². The van der Waals surface area contributed by atoms with Gasteiger partial charge in [0.05, 0.1) is 17.9 Å². The van der Waals surface area contributed by atoms with Crippen LogP contribution in [0, 0.1) is 22.2 Å². The molecule has 0 saturated carbocycles. The van der Waals surface area contributed by atoms with Crippen molar-refractivity contribution in [3.63, 3.8) is 0 Å². The highest BCUT2D eigenvalue weighted by Gasteiger charge is 2.58. The van der Waals surface area contributed by atoms with E-state index in [1.807, 2.05) is 53.7 Å². The average Bonchev–Trinajstić information content (AvgIpc) is 2.31. The molecule has 0 aromatic rings. The van der Waals surface area contributed by atoms with Crippen LogP contribution in [0.4, 0.5) is 0 Å². The summed E-state index contributed by atoms with van der Waals surface area (Å²) < 4.78 is 0. The maximum atomic E-state index is 12.6. The van der Waals surface area contributed by atoms with E-state index in [1.165, 1.54) is 0 Å². The van der Waals surface area contributed by atoms with Crippen molar-refractivity contribution in [3.05, 3.63) is 23.3 Å². The number of hydrogen-bond acceptors (Lipinski definition) is 3. The van der Waals surface area contributed by atoms with E-state index in [0.717, 1.165) is 5.57 Å². The third-order valence-corrected chi connectivity index (χ3v) is 4.63. The van der Waals surface area contributed by atoms with Gasteiger partial charge in [-0.1, -0.05) is 59.3 Å². The monoisotopic (exact) mass is 276 g/mol. The summed E-state index contributed by atoms with van der Waals surface area (Å²) >= 11 is 0. The fourth-order valence-corrected chi connectivity index (χ4v) is 3.28. The number of rotatable bonds is 1. The topological polar surface area (TPSA) is 54.4 Å². The number of Topliss-reactive ketones (excluding diaryl/α,β-unsaturated/α-hetero) is 2. The van der Waals surface area contributed by atoms with Gasteiger partial charge in [-0.05, 0) is 16.4 Å². The Kier molecular flexibility index (Phi) is 3.14. The molecule has 110 valence electrons. The molecule has 0 amide bonds. The summed E-state index contributed by atoms with van der Waals surface area (Å²) in [5.41, 5.74) is 0.119. The number of aliphatic hydroxyl groups excluding tert-OH is 1. The lowest BCUT2D eigenvalue weighted by atomic mass is 9.51. The third-order valence-electron chi connectivity index (χ3n) is 4.63. The van der Waals surface area contributed by atoms with Crippen LogP contribution in [0.3, 0.4) is 0 Å². The Balaban J connectivity index is 2.78. The van der Waals surface area contributed by atoms with Crippen molar-refractivity contribution in [1.29, 1.82) is 0 Å². The number of carbonyl (C=O) groups excluding carboxylic acids is 2. The van der Waals surface area contributed by atoms with Gasteiger partial charge in [0, 0.05) is 0 Å². The summed E-state index contributed by atoms with van der Waals surface area (Å²) in [5.74, 6) is -1.25. The van der Waals surface area contributed by atoms with E-state index in [9.17, 15) is 14.7 Å². The van der Waals surface area contributed by atoms with Crippen LogP contribution in [0.2, 0.25) is 0 Å². The van der Waals surface area contributed by atoms with Crippen molar-refractivity contribution >= 4 is 11.6 Å². The highest BCUT2D eigenvalue weighted by atomic mass is 16.3. The fourth-order valence-electron chi connectivity index (χ4n) is 3.28. The molecule has 0 fully saturated rings. The summed E-state index contributed by atoms with van der Waals surface area (Å²) in [5, 5.41) is 9.62. The molecule has 3 aliphatic rings. The highest BCUT2D eigenvalue weighted by Crippen LogP contribution is 2.55. The van der Waals surface area contributed by atoms with Crippen molar-refractivity contribution in [2.75, 3.05) is 6.61 Å². The van der Waals surface area contributed by atoms with Crippen LogP contribution in [-0.2, 0) is 9.59 Å². The Labute approximate surface area is 120 Å². The average molecular weight is 276 g/mol. The number of ketones is 2. The Bertz CT molecular complexity index is 538. The van der Waals surface area contributed by atoms with E-state index in [4.69, 9.17) is 0 Å². The van der Waals surface area contributed by atoms with Gasteiger partial charge >= 0.3 is 0 Å². The predicted octanol–water partition coefficient (Wildman–Crippen LogP) is 2.69. The van der Waals surface area contributed by atoms with E-state index in [2.05, 4.69) is 0 Å². The molecule has 0 saturated heterocycles. The second-order valence-electron chi connectivity index (χ2n) is 7.97. The summed E-state index contributed by atoms with van der Waals surface area (Å²) in [7, 11) is 0. The van der Waals surface area contributed by atoms with Crippen molar-refractivity contribution in [2.24, 2.45) is 22.2 Å². The van der Waals surface area contributed by atoms with Crippen LogP contribution >= 0.6 is 0 Å². The first kappa shape index (κ1) is 15.2. The Morgan fingerprint density at radius 1 is 1.10 bits per heavy atom. The summed E-state index contributed by atoms with van der Waals surface area (Å²) in [6, 6.07) is 0. The summed E-state index contributed by atoms with van der Waals surface area (Å²) in [6.45, 7) is 11.9. The first-order chi connectivity index (χ1) is 8.95. The van der Waals surface area contributed by atoms with Gasteiger partial charge in [-0.25, -0.2) is 0 Å². The molecule has 2 unspecified atom stereocenters. The Morgan fingerprint density at radius 3 is 2.05 bits per heavy atom. The van der Waals surface area contributed by atoms with Crippen molar-refractivity contribution in [1.82, 2.24) is 0 Å². The molecule has 2 atom stereocenters. The molecule has 0 heterocycles. The molecule has 3 aliphatic carbocycles. The van der Waals surface area contributed by atoms with Crippen molar-refractivity contribution in [3.8, 4) is 0 Å². The van der Waals surface area contributed by atoms with Crippen LogP contribution in [0.15, 0.2) is 23.3 Å². The van der Waals surface area contributed by atoms with Crippen LogP contribution in [0.1, 0.15) is 41.5 Å². The molecule has 2 bridgehead atoms. The maximum Gasteiger partial charge on any atom is 0.213 e. The molecule has 0 aromatic heterocycles. The maximum absolute atomic E-state index is 12.6. The fraction of sp³-hybridized carbons (Fsp3) is 0.647. The minimum Gasteiger partial charge on any atom is -0.392 e. The summed E-state index contributed by atoms with van der Waals surface area (Å²) in [6.07, 6.45) is 3.82. The normalized spacial score (nSPS) is 30.4. The molecule has 1 N–H and O–H groups in total. The number of allylic oxidation sites excluding steroid dienone is 3. The lowest BCUT2D eigenvalue weighted by Crippen LogP contribution is -2.54. The summed E-state index contributed by atoms with van der Waals surface area (Å²) in [4.78, 5) is 25.1. The molecular formula is C17H24O3. The molecule has 0 aromatic carbocycles. The van der Waals surface area contributed by atoms with Gasteiger partial charge in [-0.2, -0.15) is 0 Å². The third kappa shape index (κ3) is 1.83. The van der Waals surface area contributed by atoms with E-state index < -0.39 is 16.7 Å². The SMILES string of the molecule is CC(C)(C)C1=CC2(C(C)(C)C)C=C(CO)C1C(=O)C2=O. The zero-order chi connectivity index (χ0) is 15.5. The highest BCUT2D eigenvalue weighted by molar-refractivity contribution is 6.44. The standard InChI is InChI=1S/C17H24O3/c1-15(2,3)11-8-17(16(4,5)6)7-10(9-18)12(11)13(19)14(17)20/h7-8,12,18H,9H2,1-6H3. The lowest BCUT2D eigenvalue weighted by molar-refractivity contribution is -0.146. The first-order valence-corrected chi connectivity index (χ1v) is 7.10. The van der Waals surface area contributed by atoms with Gasteiger partial charge in [0.1, 0.15) is 0 Å². The Hall–Kier alpha value is -1.22. The van der Waals surface area contributed by atoms with Crippen molar-refractivity contribution < 1.29 is 14.7 Å². The molecule has 0 spiro atoms. The van der Waals surface area contributed by atoms with E-state index in [1.54, 1.807) is 0 Å². The zero-order valence-electron chi connectivity index (χ0n) is 13.2. The molecule has 3 rings (SSSR count). The van der Waals surface area contributed by atoms with E-state index in [0.29, 0.717) is 5.57 Å². The molecule has 0 aliphatic heterocycles. The second-order valence-corrected chi connectivity index (χ2v) is 7.97. The van der Waals surface area contributed by atoms with Gasteiger partial charge in [0.2, 0.25) is 11.6 Å². The number of hydrogen-bond donors (Lipinski definition) is 1. The second kappa shape index (κ2) is 4.14. The lowest BCUT2D eigenvalue weighted by Gasteiger charge is -2.50. The van der Waals surface area contributed by atoms with Gasteiger partial charge < -0.3 is 5.11 Å². The molecule has 3 heteroatoms. The van der Waals surface area contributed by atoms with Crippen LogP contribution in [-0.4, -0.2) is 23.3 Å². The largest absolute Gasteiger partial charge is 0.392 e. The van der Waals surface area contributed by atoms with Crippen LogP contribution < -0.4 is 0 Å². The first-order valence-electron chi connectivity index (χ1n) is 7.10. The van der Waals surface area contributed by atoms with Gasteiger partial charge in [0.25, 0.3) is 0 Å². The molecule has 0 radical (unpaired) electrons. The molecular weight excluding hydrogens is 252 g/mol. The van der Waals surface area contributed by atoms with E-state index >= 15 is 0 Å². The van der Waals surface area contributed by atoms with Crippen LogP contribution in [0.25, 0.3) is 0 Å². The van der Waals surface area contributed by atoms with Gasteiger partial charge in [0.15, 0.2) is 0 Å². The predicted molar refractivity (Wildman–Crippen MR) is 78.1 cm³/mol. The minimum atomic E-state index is -0.917. The quantitative estimate of drug-likeness (QED) is 0.592. The number of carbonyl (C=O) groups is 2. The smallest absolute Gasteiger partial charge is 0.213 e. The van der Waals surface area contributed by atoms with Crippen LogP contribution in [0.5, 0.6) is 0 Å². The number of aliphatic hydroxyl groups is 1.